The normalized spacial score (nSPS) is 23.9. The summed E-state index contributed by atoms with van der Waals surface area (Å²) >= 11 is 0. The summed E-state index contributed by atoms with van der Waals surface area (Å²) in [6, 6.07) is 6.85. The van der Waals surface area contributed by atoms with Gasteiger partial charge in [0, 0.05) is 25.4 Å². The summed E-state index contributed by atoms with van der Waals surface area (Å²) in [4.78, 5) is 6.61. The molecule has 85 valence electrons. The molecule has 4 heteroatoms. The van der Waals surface area contributed by atoms with Crippen molar-refractivity contribution in [3.8, 4) is 0 Å². The van der Waals surface area contributed by atoms with Crippen molar-refractivity contribution in [2.24, 2.45) is 0 Å². The van der Waals surface area contributed by atoms with Crippen molar-refractivity contribution in [2.75, 3.05) is 31.4 Å². The maximum Gasteiger partial charge on any atom is 0.147 e. The van der Waals surface area contributed by atoms with Crippen LogP contribution in [0, 0.1) is 6.07 Å². The number of piperidine rings is 1. The van der Waals surface area contributed by atoms with E-state index >= 15 is 0 Å². The lowest BCUT2D eigenvalue weighted by atomic mass is 9.92. The Bertz CT molecular complexity index is 339. The molecule has 1 spiro atoms. The number of aromatic nitrogens is 1. The number of nitrogens with zero attached hydrogens (tertiary/aromatic N) is 2. The molecule has 2 aliphatic rings. The van der Waals surface area contributed by atoms with Gasteiger partial charge in [-0.3, -0.25) is 0 Å². The fraction of sp³-hybridized carbons (Fsp3) is 0.583. The van der Waals surface area contributed by atoms with Crippen molar-refractivity contribution in [1.82, 2.24) is 4.98 Å². The van der Waals surface area contributed by atoms with E-state index in [0.29, 0.717) is 6.79 Å². The first-order valence-corrected chi connectivity index (χ1v) is 5.67. The van der Waals surface area contributed by atoms with E-state index in [2.05, 4.69) is 16.0 Å². The second kappa shape index (κ2) is 4.03. The molecule has 0 aromatic carbocycles. The van der Waals surface area contributed by atoms with Gasteiger partial charge in [0.2, 0.25) is 0 Å². The highest BCUT2D eigenvalue weighted by molar-refractivity contribution is 5.38. The van der Waals surface area contributed by atoms with Crippen molar-refractivity contribution in [3.05, 3.63) is 24.4 Å². The van der Waals surface area contributed by atoms with Crippen LogP contribution >= 0.6 is 0 Å². The standard InChI is InChI=1S/C12H15N2O2/c1-2-6-13-11(3-1)14-7-4-12(5-8-14)9-15-10-16-12/h1,3,6H,4-5,7-10H2. The topological polar surface area (TPSA) is 34.6 Å². The zero-order valence-corrected chi connectivity index (χ0v) is 9.19. The number of hydrogen-bond acceptors (Lipinski definition) is 4. The van der Waals surface area contributed by atoms with Crippen molar-refractivity contribution in [1.29, 1.82) is 0 Å². The maximum atomic E-state index is 5.69. The van der Waals surface area contributed by atoms with Gasteiger partial charge in [-0.2, -0.15) is 0 Å². The molecule has 0 unspecified atom stereocenters. The molecular weight excluding hydrogens is 204 g/mol. The molecule has 16 heavy (non-hydrogen) atoms. The van der Waals surface area contributed by atoms with Crippen LogP contribution in [0.4, 0.5) is 5.82 Å². The number of pyridine rings is 1. The molecule has 0 N–H and O–H groups in total. The van der Waals surface area contributed by atoms with Gasteiger partial charge in [-0.1, -0.05) is 0 Å². The van der Waals surface area contributed by atoms with Crippen LogP contribution in [0.1, 0.15) is 12.8 Å². The van der Waals surface area contributed by atoms with E-state index in [1.807, 2.05) is 12.1 Å². The van der Waals surface area contributed by atoms with Crippen LogP contribution in [0.2, 0.25) is 0 Å². The summed E-state index contributed by atoms with van der Waals surface area (Å²) in [5.74, 6) is 1.03. The molecular formula is C12H15N2O2. The molecule has 1 radical (unpaired) electrons. The van der Waals surface area contributed by atoms with E-state index < -0.39 is 0 Å². The summed E-state index contributed by atoms with van der Waals surface area (Å²) in [7, 11) is 0. The minimum atomic E-state index is -0.0165. The van der Waals surface area contributed by atoms with E-state index in [0.717, 1.165) is 38.4 Å². The van der Waals surface area contributed by atoms with Crippen molar-refractivity contribution >= 4 is 5.82 Å². The Morgan fingerprint density at radius 3 is 2.88 bits per heavy atom. The molecule has 0 saturated carbocycles. The molecule has 1 aromatic rings. The Labute approximate surface area is 95.2 Å². The molecule has 0 atom stereocenters. The second-order valence-corrected chi connectivity index (χ2v) is 4.40. The molecule has 2 fully saturated rings. The monoisotopic (exact) mass is 219 g/mol. The molecule has 0 aliphatic carbocycles. The average Bonchev–Trinajstić information content (AvgIpc) is 2.80. The Kier molecular flexibility index (Phi) is 2.53. The minimum Gasteiger partial charge on any atom is -0.356 e. The van der Waals surface area contributed by atoms with Gasteiger partial charge in [0.05, 0.1) is 12.2 Å². The van der Waals surface area contributed by atoms with Crippen molar-refractivity contribution in [3.63, 3.8) is 0 Å². The highest BCUT2D eigenvalue weighted by Crippen LogP contribution is 2.31. The summed E-state index contributed by atoms with van der Waals surface area (Å²) in [6.07, 6.45) is 3.76. The third kappa shape index (κ3) is 1.79. The Hall–Kier alpha value is -1.13. The third-order valence-corrected chi connectivity index (χ3v) is 3.41. The molecule has 1 aromatic heterocycles. The molecule has 0 bridgehead atoms. The Morgan fingerprint density at radius 2 is 2.25 bits per heavy atom. The smallest absolute Gasteiger partial charge is 0.147 e. The summed E-state index contributed by atoms with van der Waals surface area (Å²) < 4.78 is 11.0. The Morgan fingerprint density at radius 1 is 1.38 bits per heavy atom. The highest BCUT2D eigenvalue weighted by atomic mass is 16.7. The second-order valence-electron chi connectivity index (χ2n) is 4.40. The fourth-order valence-electron chi connectivity index (χ4n) is 2.37. The van der Waals surface area contributed by atoms with E-state index in [4.69, 9.17) is 9.47 Å². The number of hydrogen-bond donors (Lipinski definition) is 0. The molecule has 3 rings (SSSR count). The van der Waals surface area contributed by atoms with Gasteiger partial charge in [-0.15, -0.1) is 0 Å². The average molecular weight is 219 g/mol. The first-order chi connectivity index (χ1) is 7.88. The quantitative estimate of drug-likeness (QED) is 0.711. The summed E-state index contributed by atoms with van der Waals surface area (Å²) in [5.41, 5.74) is -0.0165. The van der Waals surface area contributed by atoms with Gasteiger partial charge in [-0.05, 0) is 25.0 Å². The van der Waals surface area contributed by atoms with Gasteiger partial charge >= 0.3 is 0 Å². The van der Waals surface area contributed by atoms with Crippen LogP contribution in [0.5, 0.6) is 0 Å². The number of ether oxygens (including phenoxy) is 2. The van der Waals surface area contributed by atoms with Gasteiger partial charge in [0.15, 0.2) is 0 Å². The van der Waals surface area contributed by atoms with Crippen LogP contribution in [-0.4, -0.2) is 37.1 Å². The Balaban J connectivity index is 1.66. The predicted molar refractivity (Wildman–Crippen MR) is 59.2 cm³/mol. The lowest BCUT2D eigenvalue weighted by Gasteiger charge is -2.37. The highest BCUT2D eigenvalue weighted by Gasteiger charge is 2.39. The van der Waals surface area contributed by atoms with Gasteiger partial charge in [0.25, 0.3) is 0 Å². The third-order valence-electron chi connectivity index (χ3n) is 3.41. The van der Waals surface area contributed by atoms with Crippen LogP contribution in [0.3, 0.4) is 0 Å². The van der Waals surface area contributed by atoms with E-state index in [-0.39, 0.29) is 5.60 Å². The number of rotatable bonds is 1. The summed E-state index contributed by atoms with van der Waals surface area (Å²) in [6.45, 7) is 3.18. The molecule has 0 amide bonds. The maximum absolute atomic E-state index is 5.69. The first-order valence-electron chi connectivity index (χ1n) is 5.67. The largest absolute Gasteiger partial charge is 0.356 e. The zero-order valence-electron chi connectivity index (χ0n) is 9.19. The fourth-order valence-corrected chi connectivity index (χ4v) is 2.37. The zero-order chi connectivity index (χ0) is 10.8. The van der Waals surface area contributed by atoms with Gasteiger partial charge in [-0.25, -0.2) is 4.98 Å². The lowest BCUT2D eigenvalue weighted by molar-refractivity contribution is -0.0220. The van der Waals surface area contributed by atoms with Crippen LogP contribution < -0.4 is 4.90 Å². The van der Waals surface area contributed by atoms with Crippen LogP contribution in [0.25, 0.3) is 0 Å². The molecule has 4 nitrogen and oxygen atoms in total. The van der Waals surface area contributed by atoms with Crippen molar-refractivity contribution in [2.45, 2.75) is 18.4 Å². The van der Waals surface area contributed by atoms with Crippen molar-refractivity contribution < 1.29 is 9.47 Å². The van der Waals surface area contributed by atoms with E-state index in [1.165, 1.54) is 0 Å². The van der Waals surface area contributed by atoms with Gasteiger partial charge in [0.1, 0.15) is 12.6 Å². The van der Waals surface area contributed by atoms with E-state index in [9.17, 15) is 0 Å². The first kappa shape index (κ1) is 10.1. The minimum absolute atomic E-state index is 0.0165. The molecule has 3 heterocycles. The molecule has 2 saturated heterocycles. The predicted octanol–water partition coefficient (Wildman–Crippen LogP) is 1.23. The number of anilines is 1. The van der Waals surface area contributed by atoms with E-state index in [1.54, 1.807) is 6.20 Å². The molecule has 2 aliphatic heterocycles. The SMILES string of the molecule is [c]1ccc(N2CCC3(CC2)COCO3)nc1. The lowest BCUT2D eigenvalue weighted by Crippen LogP contribution is -2.46. The summed E-state index contributed by atoms with van der Waals surface area (Å²) in [5, 5.41) is 0. The van der Waals surface area contributed by atoms with Crippen LogP contribution in [0.15, 0.2) is 18.3 Å². The van der Waals surface area contributed by atoms with Crippen LogP contribution in [-0.2, 0) is 9.47 Å². The van der Waals surface area contributed by atoms with Gasteiger partial charge < -0.3 is 14.4 Å².